The molecule has 0 amide bonds. The van der Waals surface area contributed by atoms with Gasteiger partial charge >= 0.3 is 17.9 Å². The second kappa shape index (κ2) is 11.8. The number of ether oxygens (including phenoxy) is 3. The Morgan fingerprint density at radius 2 is 1.24 bits per heavy atom. The Bertz CT molecular complexity index is 576. The van der Waals surface area contributed by atoms with Gasteiger partial charge in [-0.1, -0.05) is 24.3 Å². The fourth-order valence-corrected chi connectivity index (χ4v) is 2.32. The summed E-state index contributed by atoms with van der Waals surface area (Å²) in [6.45, 7) is 10.1. The van der Waals surface area contributed by atoms with Crippen LogP contribution in [0.15, 0.2) is 24.3 Å². The van der Waals surface area contributed by atoms with Gasteiger partial charge in [-0.3, -0.25) is 14.4 Å². The van der Waals surface area contributed by atoms with E-state index in [-0.39, 0.29) is 31.8 Å². The lowest BCUT2D eigenvalue weighted by molar-refractivity contribution is -0.185. The van der Waals surface area contributed by atoms with Crippen molar-refractivity contribution in [2.75, 3.05) is 13.7 Å². The van der Waals surface area contributed by atoms with Crippen LogP contribution < -0.4 is 0 Å². The SMILES string of the molecule is COC(=O)CC/C=C/CC(C/C=C/CO)(C(=O)OC(C)(C)C)C(=O)OC(C)(C)C. The van der Waals surface area contributed by atoms with E-state index in [0.717, 1.165) is 0 Å². The quantitative estimate of drug-likeness (QED) is 0.254. The molecule has 0 aromatic rings. The van der Waals surface area contributed by atoms with Gasteiger partial charge in [0, 0.05) is 6.42 Å². The van der Waals surface area contributed by atoms with E-state index in [1.807, 2.05) is 0 Å². The number of allylic oxidation sites excluding steroid dienone is 3. The predicted molar refractivity (Wildman–Crippen MR) is 110 cm³/mol. The van der Waals surface area contributed by atoms with Crippen LogP contribution in [-0.2, 0) is 28.6 Å². The zero-order chi connectivity index (χ0) is 22.7. The minimum Gasteiger partial charge on any atom is -0.469 e. The number of aliphatic hydroxyl groups excluding tert-OH is 1. The van der Waals surface area contributed by atoms with Crippen molar-refractivity contribution >= 4 is 17.9 Å². The average Bonchev–Trinajstić information content (AvgIpc) is 2.56. The number of carbonyl (C=O) groups excluding carboxylic acids is 3. The van der Waals surface area contributed by atoms with E-state index in [9.17, 15) is 14.4 Å². The summed E-state index contributed by atoms with van der Waals surface area (Å²) >= 11 is 0. The molecule has 0 atom stereocenters. The number of carbonyl (C=O) groups is 3. The van der Waals surface area contributed by atoms with Crippen LogP contribution in [0.25, 0.3) is 0 Å². The summed E-state index contributed by atoms with van der Waals surface area (Å²) in [6.07, 6.45) is 7.08. The summed E-state index contributed by atoms with van der Waals surface area (Å²) in [4.78, 5) is 37.4. The molecular formula is C22H36O7. The molecule has 7 heteroatoms. The molecule has 0 aliphatic rings. The maximum absolute atomic E-state index is 13.1. The van der Waals surface area contributed by atoms with Crippen LogP contribution in [0.5, 0.6) is 0 Å². The summed E-state index contributed by atoms with van der Waals surface area (Å²) in [5, 5.41) is 9.06. The van der Waals surface area contributed by atoms with Crippen molar-refractivity contribution in [1.82, 2.24) is 0 Å². The predicted octanol–water partition coefficient (Wildman–Crippen LogP) is 3.49. The first-order chi connectivity index (χ1) is 13.3. The molecule has 0 unspecified atom stereocenters. The number of hydrogen-bond donors (Lipinski definition) is 1. The van der Waals surface area contributed by atoms with Crippen LogP contribution in [0, 0.1) is 5.41 Å². The molecule has 0 radical (unpaired) electrons. The highest BCUT2D eigenvalue weighted by atomic mass is 16.6. The average molecular weight is 413 g/mol. The Morgan fingerprint density at radius 1 is 0.793 bits per heavy atom. The van der Waals surface area contributed by atoms with Gasteiger partial charge in [-0.05, 0) is 60.8 Å². The van der Waals surface area contributed by atoms with Crippen LogP contribution in [-0.4, -0.2) is 47.9 Å². The first kappa shape index (κ1) is 26.9. The molecule has 166 valence electrons. The first-order valence-electron chi connectivity index (χ1n) is 9.72. The molecule has 0 spiro atoms. The molecule has 0 rings (SSSR count). The van der Waals surface area contributed by atoms with Crippen LogP contribution >= 0.6 is 0 Å². The minimum atomic E-state index is -1.60. The van der Waals surface area contributed by atoms with Gasteiger partial charge in [0.1, 0.15) is 11.2 Å². The summed E-state index contributed by atoms with van der Waals surface area (Å²) in [5.41, 5.74) is -3.19. The molecule has 0 saturated carbocycles. The summed E-state index contributed by atoms with van der Waals surface area (Å²) < 4.78 is 15.7. The van der Waals surface area contributed by atoms with Crippen molar-refractivity contribution in [2.24, 2.45) is 5.41 Å². The molecule has 0 bridgehead atoms. The van der Waals surface area contributed by atoms with Gasteiger partial charge in [0.05, 0.1) is 13.7 Å². The molecular weight excluding hydrogens is 376 g/mol. The molecule has 0 aromatic carbocycles. The van der Waals surface area contributed by atoms with Gasteiger partial charge in [-0.2, -0.15) is 0 Å². The lowest BCUT2D eigenvalue weighted by atomic mass is 9.80. The van der Waals surface area contributed by atoms with Gasteiger partial charge in [0.25, 0.3) is 0 Å². The van der Waals surface area contributed by atoms with Crippen molar-refractivity contribution in [2.45, 2.75) is 78.4 Å². The highest BCUT2D eigenvalue weighted by Crippen LogP contribution is 2.35. The second-order valence-electron chi connectivity index (χ2n) is 8.73. The molecule has 7 nitrogen and oxygen atoms in total. The zero-order valence-electron chi connectivity index (χ0n) is 18.7. The van der Waals surface area contributed by atoms with Gasteiger partial charge in [0.2, 0.25) is 0 Å². The topological polar surface area (TPSA) is 99.1 Å². The van der Waals surface area contributed by atoms with Crippen molar-refractivity contribution < 1.29 is 33.7 Å². The molecule has 0 heterocycles. The Labute approximate surface area is 174 Å². The highest BCUT2D eigenvalue weighted by Gasteiger charge is 2.49. The van der Waals surface area contributed by atoms with Crippen molar-refractivity contribution in [3.63, 3.8) is 0 Å². The zero-order valence-corrected chi connectivity index (χ0v) is 18.7. The Kier molecular flexibility index (Phi) is 10.9. The largest absolute Gasteiger partial charge is 0.469 e. The second-order valence-corrected chi connectivity index (χ2v) is 8.73. The minimum absolute atomic E-state index is 0.0126. The summed E-state index contributed by atoms with van der Waals surface area (Å²) in [5.74, 6) is -1.73. The Morgan fingerprint density at radius 3 is 1.62 bits per heavy atom. The van der Waals surface area contributed by atoms with E-state index in [0.29, 0.717) is 6.42 Å². The maximum Gasteiger partial charge on any atom is 0.324 e. The fourth-order valence-electron chi connectivity index (χ4n) is 2.32. The summed E-state index contributed by atoms with van der Waals surface area (Å²) in [7, 11) is 1.32. The molecule has 29 heavy (non-hydrogen) atoms. The van der Waals surface area contributed by atoms with E-state index >= 15 is 0 Å². The van der Waals surface area contributed by atoms with Gasteiger partial charge < -0.3 is 19.3 Å². The van der Waals surface area contributed by atoms with Crippen molar-refractivity contribution in [3.8, 4) is 0 Å². The number of methoxy groups -OCH3 is 1. The fraction of sp³-hybridized carbons (Fsp3) is 0.682. The van der Waals surface area contributed by atoms with E-state index in [2.05, 4.69) is 4.74 Å². The van der Waals surface area contributed by atoms with Gasteiger partial charge in [-0.15, -0.1) is 0 Å². The van der Waals surface area contributed by atoms with E-state index in [1.54, 1.807) is 59.8 Å². The van der Waals surface area contributed by atoms with E-state index < -0.39 is 28.6 Å². The maximum atomic E-state index is 13.1. The third-order valence-corrected chi connectivity index (χ3v) is 3.69. The smallest absolute Gasteiger partial charge is 0.324 e. The van der Waals surface area contributed by atoms with Crippen molar-refractivity contribution in [1.29, 1.82) is 0 Å². The number of aliphatic hydroxyl groups is 1. The molecule has 1 N–H and O–H groups in total. The van der Waals surface area contributed by atoms with Crippen LogP contribution in [0.3, 0.4) is 0 Å². The number of esters is 3. The standard InChI is InChI=1S/C22H36O7/c1-20(2,3)28-18(25)22(15-11-12-16-23,19(26)29-21(4,5)6)14-10-8-9-13-17(24)27-7/h8,10-12,23H,9,13-16H2,1-7H3/b10-8+,12-11+. The third kappa shape index (κ3) is 10.8. The number of hydrogen-bond acceptors (Lipinski definition) is 7. The Balaban J connectivity index is 5.84. The molecule has 0 aliphatic carbocycles. The number of rotatable bonds is 10. The molecule has 0 saturated heterocycles. The lowest BCUT2D eigenvalue weighted by Crippen LogP contribution is -2.46. The van der Waals surface area contributed by atoms with Crippen LogP contribution in [0.1, 0.15) is 67.2 Å². The molecule has 0 fully saturated rings. The van der Waals surface area contributed by atoms with Crippen molar-refractivity contribution in [3.05, 3.63) is 24.3 Å². The third-order valence-electron chi connectivity index (χ3n) is 3.69. The van der Waals surface area contributed by atoms with Crippen LogP contribution in [0.4, 0.5) is 0 Å². The van der Waals surface area contributed by atoms with E-state index in [4.69, 9.17) is 14.6 Å². The normalized spacial score (nSPS) is 13.0. The molecule has 0 aromatic heterocycles. The van der Waals surface area contributed by atoms with Gasteiger partial charge in [0.15, 0.2) is 5.41 Å². The first-order valence-corrected chi connectivity index (χ1v) is 9.72. The highest BCUT2D eigenvalue weighted by molar-refractivity contribution is 6.00. The van der Waals surface area contributed by atoms with Crippen LogP contribution in [0.2, 0.25) is 0 Å². The van der Waals surface area contributed by atoms with Gasteiger partial charge in [-0.25, -0.2) is 0 Å². The molecule has 0 aliphatic heterocycles. The monoisotopic (exact) mass is 412 g/mol. The van der Waals surface area contributed by atoms with E-state index in [1.165, 1.54) is 13.2 Å². The summed E-state index contributed by atoms with van der Waals surface area (Å²) in [6, 6.07) is 0. The Hall–Kier alpha value is -2.15. The lowest BCUT2D eigenvalue weighted by Gasteiger charge is -2.33.